The molecule has 0 saturated heterocycles. The molecule has 0 radical (unpaired) electrons. The molecule has 0 amide bonds. The van der Waals surface area contributed by atoms with Gasteiger partial charge in [-0.15, -0.1) is 0 Å². The van der Waals surface area contributed by atoms with Crippen molar-refractivity contribution in [3.05, 3.63) is 14.9 Å². The first-order valence-corrected chi connectivity index (χ1v) is 13.3. The Kier molecular flexibility index (Phi) is 9.01. The van der Waals surface area contributed by atoms with E-state index in [-0.39, 0.29) is 41.1 Å². The van der Waals surface area contributed by atoms with E-state index in [1.807, 2.05) is 0 Å². The molecular weight excluding hydrogens is 384 g/mol. The average molecular weight is 426 g/mol. The molecule has 6 unspecified atom stereocenters. The van der Waals surface area contributed by atoms with Gasteiger partial charge in [0.1, 0.15) is 0 Å². The van der Waals surface area contributed by atoms with Gasteiger partial charge >= 0.3 is 26.2 Å². The van der Waals surface area contributed by atoms with Gasteiger partial charge in [0.2, 0.25) is 0 Å². The van der Waals surface area contributed by atoms with E-state index in [4.69, 9.17) is 0 Å². The third kappa shape index (κ3) is 4.00. The van der Waals surface area contributed by atoms with Crippen molar-refractivity contribution in [3.63, 3.8) is 0 Å². The monoisotopic (exact) mass is 424 g/mol. The van der Waals surface area contributed by atoms with Crippen molar-refractivity contribution < 1.29 is 26.2 Å². The van der Waals surface area contributed by atoms with Gasteiger partial charge in [-0.1, -0.05) is 90.1 Å². The predicted molar refractivity (Wildman–Crippen MR) is 107 cm³/mol. The molecule has 4 fully saturated rings. The molecule has 0 bridgehead atoms. The quantitative estimate of drug-likeness (QED) is 0.317. The second-order valence-corrected chi connectivity index (χ2v) is 14.7. The van der Waals surface area contributed by atoms with E-state index in [9.17, 15) is 0 Å². The fourth-order valence-electron chi connectivity index (χ4n) is 7.59. The molecule has 4 rings (SSSR count). The van der Waals surface area contributed by atoms with E-state index in [0.717, 1.165) is 11.8 Å². The molecule has 0 aliphatic heterocycles. The van der Waals surface area contributed by atoms with Crippen LogP contribution < -0.4 is 0 Å². The molecule has 0 spiro atoms. The van der Waals surface area contributed by atoms with Gasteiger partial charge in [0.15, 0.2) is 0 Å². The Labute approximate surface area is 173 Å². The maximum absolute atomic E-state index is 2.83. The smallest absolute Gasteiger partial charge is 0.358 e. The summed E-state index contributed by atoms with van der Waals surface area (Å²) in [7, 11) is -1.05. The normalized spacial score (nSPS) is 41.2. The summed E-state index contributed by atoms with van der Waals surface area (Å²) in [5, 5.41) is 0. The topological polar surface area (TPSA) is 0 Å². The van der Waals surface area contributed by atoms with Gasteiger partial charge in [0.05, 0.1) is 8.07 Å². The van der Waals surface area contributed by atoms with Crippen LogP contribution in [0.5, 0.6) is 0 Å². The van der Waals surface area contributed by atoms with Crippen LogP contribution in [-0.4, -0.2) is 8.07 Å². The van der Waals surface area contributed by atoms with Crippen LogP contribution in [0, 0.1) is 38.5 Å². The van der Waals surface area contributed by atoms with Crippen LogP contribution in [0.2, 0.25) is 24.2 Å². The van der Waals surface area contributed by atoms with Crippen LogP contribution in [0.1, 0.15) is 77.0 Å². The summed E-state index contributed by atoms with van der Waals surface area (Å²) in [4.78, 5) is 0. The van der Waals surface area contributed by atoms with E-state index in [1.54, 1.807) is 77.0 Å². The van der Waals surface area contributed by atoms with Gasteiger partial charge in [0.25, 0.3) is 0 Å². The molecule has 4 saturated carbocycles. The summed E-state index contributed by atoms with van der Waals surface area (Å²) < 4.78 is 0. The maximum Gasteiger partial charge on any atom is 4.00 e. The summed E-state index contributed by atoms with van der Waals surface area (Å²) in [6.07, 6.45) is 19.0. The van der Waals surface area contributed by atoms with Crippen molar-refractivity contribution in [2.75, 3.05) is 0 Å². The Morgan fingerprint density at radius 1 is 0.542 bits per heavy atom. The van der Waals surface area contributed by atoms with Gasteiger partial charge in [-0.25, -0.2) is 0 Å². The zero-order chi connectivity index (χ0) is 14.4. The second-order valence-electron chi connectivity index (χ2n) is 9.61. The number of fused-ring (bicyclic) bond motifs is 2. The van der Waals surface area contributed by atoms with Crippen LogP contribution in [0.25, 0.3) is 0 Å². The van der Waals surface area contributed by atoms with Crippen LogP contribution >= 0.6 is 0 Å². The van der Waals surface area contributed by atoms with Gasteiger partial charge in [-0.2, -0.15) is 0 Å². The summed E-state index contributed by atoms with van der Waals surface area (Å²) in [6, 6.07) is 0. The molecular formula is C22H42SiZr+2. The van der Waals surface area contributed by atoms with Crippen molar-refractivity contribution in [1.29, 1.82) is 0 Å². The van der Waals surface area contributed by atoms with E-state index in [1.165, 1.54) is 22.9 Å². The van der Waals surface area contributed by atoms with E-state index >= 15 is 0 Å². The zero-order valence-electron chi connectivity index (χ0n) is 16.9. The first-order chi connectivity index (χ1) is 10.2. The molecule has 0 heterocycles. The Balaban J connectivity index is 0.000000960. The minimum atomic E-state index is -1.05. The van der Waals surface area contributed by atoms with Gasteiger partial charge < -0.3 is 14.9 Å². The summed E-state index contributed by atoms with van der Waals surface area (Å²) in [5.74, 6) is 4.64. The molecule has 0 aromatic carbocycles. The fourth-order valence-corrected chi connectivity index (χ4v) is 13.0. The third-order valence-corrected chi connectivity index (χ3v) is 13.8. The fraction of sp³-hybridized carbons (Fsp3) is 0.909. The Morgan fingerprint density at radius 2 is 0.917 bits per heavy atom. The van der Waals surface area contributed by atoms with Crippen LogP contribution in [0.4, 0.5) is 0 Å². The number of hydrogen-bond acceptors (Lipinski definition) is 0. The van der Waals surface area contributed by atoms with Crippen molar-refractivity contribution in [1.82, 2.24) is 0 Å². The Morgan fingerprint density at radius 3 is 1.33 bits per heavy atom. The zero-order valence-corrected chi connectivity index (χ0v) is 20.4. The van der Waals surface area contributed by atoms with Crippen LogP contribution in [0.3, 0.4) is 0 Å². The largest absolute Gasteiger partial charge is 4.00 e. The molecule has 0 nitrogen and oxygen atoms in total. The Hall–Kier alpha value is 1.10. The minimum Gasteiger partial charge on any atom is -0.358 e. The van der Waals surface area contributed by atoms with Gasteiger partial charge in [-0.3, -0.25) is 0 Å². The molecule has 4 aliphatic carbocycles. The second kappa shape index (κ2) is 9.34. The third-order valence-electron chi connectivity index (χ3n) is 8.58. The number of rotatable bonds is 2. The molecule has 24 heavy (non-hydrogen) atoms. The summed E-state index contributed by atoms with van der Waals surface area (Å²) in [5.41, 5.74) is 2.40. The predicted octanol–water partition coefficient (Wildman–Crippen LogP) is 7.53. The molecule has 6 atom stereocenters. The summed E-state index contributed by atoms with van der Waals surface area (Å²) >= 11 is 0. The molecule has 0 N–H and O–H groups in total. The van der Waals surface area contributed by atoms with E-state index in [0.29, 0.717) is 0 Å². The molecule has 0 aromatic rings. The number of hydrogen-bond donors (Lipinski definition) is 0. The van der Waals surface area contributed by atoms with E-state index < -0.39 is 8.07 Å². The average Bonchev–Trinajstić information content (AvgIpc) is 3.12. The first-order valence-electron chi connectivity index (χ1n) is 10.2. The van der Waals surface area contributed by atoms with Crippen molar-refractivity contribution >= 4 is 8.07 Å². The van der Waals surface area contributed by atoms with Crippen molar-refractivity contribution in [2.45, 2.75) is 101 Å². The molecule has 4 aliphatic rings. The van der Waals surface area contributed by atoms with Crippen molar-refractivity contribution in [2.24, 2.45) is 23.7 Å². The SMILES string of the molecule is C[Si](C)(C1CCC2CCCCC21)C1CCC2CCCCC21.[CH3-].[CH3-].[Zr+4]. The van der Waals surface area contributed by atoms with Crippen LogP contribution in [0.15, 0.2) is 0 Å². The molecule has 136 valence electrons. The Bertz CT molecular complexity index is 346. The molecule has 0 aromatic heterocycles. The minimum absolute atomic E-state index is 0. The molecule has 2 heteroatoms. The van der Waals surface area contributed by atoms with Gasteiger partial charge in [-0.05, 0) is 34.8 Å². The van der Waals surface area contributed by atoms with Crippen molar-refractivity contribution in [3.8, 4) is 0 Å². The maximum atomic E-state index is 2.83. The van der Waals surface area contributed by atoms with E-state index in [2.05, 4.69) is 13.1 Å². The van der Waals surface area contributed by atoms with Crippen LogP contribution in [-0.2, 0) is 26.2 Å². The van der Waals surface area contributed by atoms with Gasteiger partial charge in [0, 0.05) is 0 Å². The first kappa shape index (κ1) is 23.1. The summed E-state index contributed by atoms with van der Waals surface area (Å²) in [6.45, 7) is 5.66. The standard InChI is InChI=1S/C20H36Si.2CH3.Zr/c1-21(2,19-13-11-15-7-3-5-9-17(15)19)20-14-12-16-8-4-6-10-18(16)20;;;/h15-20H,3-14H2,1-2H3;2*1H3;/q;2*-1;+4.